The molecule has 0 aromatic heterocycles. The predicted octanol–water partition coefficient (Wildman–Crippen LogP) is 3.29. The van der Waals surface area contributed by atoms with Gasteiger partial charge in [0.2, 0.25) is 0 Å². The number of halogens is 1. The Bertz CT molecular complexity index is 729. The summed E-state index contributed by atoms with van der Waals surface area (Å²) in [5, 5.41) is 11.6. The summed E-state index contributed by atoms with van der Waals surface area (Å²) in [5.41, 5.74) is 7.88. The summed E-state index contributed by atoms with van der Waals surface area (Å²) in [6.07, 6.45) is 0. The number of carboxylic acid groups (broad SMARTS) is 1. The van der Waals surface area contributed by atoms with Crippen LogP contribution in [0.1, 0.15) is 26.3 Å². The third kappa shape index (κ3) is 3.41. The fourth-order valence-electron chi connectivity index (χ4n) is 1.81. The Morgan fingerprint density at radius 2 is 1.90 bits per heavy atom. The second-order valence-electron chi connectivity index (χ2n) is 4.54. The molecule has 5 nitrogen and oxygen atoms in total. The molecule has 0 radical (unpaired) electrons. The van der Waals surface area contributed by atoms with E-state index in [0.29, 0.717) is 21.4 Å². The molecule has 2 rings (SSSR count). The third-order valence-corrected chi connectivity index (χ3v) is 3.61. The summed E-state index contributed by atoms with van der Waals surface area (Å²) in [6.45, 7) is 1.86. The number of aryl methyl sites for hydroxylation is 1. The number of nitrogens with one attached hydrogen (secondary N) is 1. The Morgan fingerprint density at radius 3 is 2.57 bits per heavy atom. The normalized spacial score (nSPS) is 10.2. The number of nitrogen functional groups attached to an aromatic ring is 1. The number of amides is 1. The molecule has 0 heterocycles. The molecule has 0 fully saturated rings. The summed E-state index contributed by atoms with van der Waals surface area (Å²) in [4.78, 5) is 23.2. The van der Waals surface area contributed by atoms with Gasteiger partial charge < -0.3 is 16.2 Å². The van der Waals surface area contributed by atoms with Crippen molar-refractivity contribution in [2.75, 3.05) is 11.1 Å². The number of aromatic carboxylic acids is 1. The number of hydrogen-bond donors (Lipinski definition) is 3. The molecule has 2 aromatic rings. The van der Waals surface area contributed by atoms with Gasteiger partial charge in [-0.05, 0) is 53.2 Å². The maximum absolute atomic E-state index is 12.3. The van der Waals surface area contributed by atoms with Crippen LogP contribution in [0.2, 0.25) is 0 Å². The van der Waals surface area contributed by atoms with Crippen molar-refractivity contribution in [3.63, 3.8) is 0 Å². The van der Waals surface area contributed by atoms with Crippen LogP contribution in [0.15, 0.2) is 40.9 Å². The highest BCUT2D eigenvalue weighted by atomic mass is 79.9. The summed E-state index contributed by atoms with van der Waals surface area (Å²) in [7, 11) is 0. The van der Waals surface area contributed by atoms with E-state index in [1.54, 1.807) is 18.2 Å². The molecule has 1 amide bonds. The van der Waals surface area contributed by atoms with Crippen LogP contribution in [-0.2, 0) is 0 Å². The standard InChI is InChI=1S/C15H13BrN2O3/c1-8-2-5-12(17)10(6-8)14(19)18-13-7-9(15(20)21)3-4-11(13)16/h2-7H,17H2,1H3,(H,18,19)(H,20,21). The molecule has 0 spiro atoms. The van der Waals surface area contributed by atoms with Crippen LogP contribution in [0.4, 0.5) is 11.4 Å². The van der Waals surface area contributed by atoms with E-state index in [1.807, 2.05) is 13.0 Å². The van der Waals surface area contributed by atoms with Crippen LogP contribution < -0.4 is 11.1 Å². The monoisotopic (exact) mass is 348 g/mol. The lowest BCUT2D eigenvalue weighted by Crippen LogP contribution is -2.15. The summed E-state index contributed by atoms with van der Waals surface area (Å²) >= 11 is 3.27. The first-order valence-corrected chi connectivity index (χ1v) is 6.88. The van der Waals surface area contributed by atoms with Crippen LogP contribution in [0, 0.1) is 6.92 Å². The van der Waals surface area contributed by atoms with E-state index in [9.17, 15) is 9.59 Å². The van der Waals surface area contributed by atoms with E-state index in [-0.39, 0.29) is 11.5 Å². The second kappa shape index (κ2) is 5.97. The number of carboxylic acids is 1. The summed E-state index contributed by atoms with van der Waals surface area (Å²) in [6, 6.07) is 9.55. The lowest BCUT2D eigenvalue weighted by Gasteiger charge is -2.10. The van der Waals surface area contributed by atoms with Gasteiger partial charge in [0.15, 0.2) is 0 Å². The van der Waals surface area contributed by atoms with Crippen molar-refractivity contribution in [2.45, 2.75) is 6.92 Å². The highest BCUT2D eigenvalue weighted by molar-refractivity contribution is 9.10. The molecule has 0 aliphatic carbocycles. The van der Waals surface area contributed by atoms with Crippen molar-refractivity contribution in [1.82, 2.24) is 0 Å². The highest BCUT2D eigenvalue weighted by Gasteiger charge is 2.13. The largest absolute Gasteiger partial charge is 0.478 e. The van der Waals surface area contributed by atoms with Crippen molar-refractivity contribution < 1.29 is 14.7 Å². The molecule has 21 heavy (non-hydrogen) atoms. The molecule has 2 aromatic carbocycles. The van der Waals surface area contributed by atoms with Crippen LogP contribution in [-0.4, -0.2) is 17.0 Å². The first kappa shape index (κ1) is 15.1. The van der Waals surface area contributed by atoms with Gasteiger partial charge in [-0.1, -0.05) is 11.6 Å². The maximum Gasteiger partial charge on any atom is 0.335 e. The maximum atomic E-state index is 12.3. The van der Waals surface area contributed by atoms with Crippen LogP contribution in [0.3, 0.4) is 0 Å². The molecule has 0 aliphatic heterocycles. The van der Waals surface area contributed by atoms with E-state index in [0.717, 1.165) is 5.56 Å². The summed E-state index contributed by atoms with van der Waals surface area (Å²) < 4.78 is 0.590. The lowest BCUT2D eigenvalue weighted by molar-refractivity contribution is 0.0696. The Hall–Kier alpha value is -2.34. The SMILES string of the molecule is Cc1ccc(N)c(C(=O)Nc2cc(C(=O)O)ccc2Br)c1. The first-order valence-electron chi connectivity index (χ1n) is 6.09. The molecule has 0 atom stereocenters. The zero-order chi connectivity index (χ0) is 15.6. The fraction of sp³-hybridized carbons (Fsp3) is 0.0667. The topological polar surface area (TPSA) is 92.4 Å². The summed E-state index contributed by atoms with van der Waals surface area (Å²) in [5.74, 6) is -1.45. The predicted molar refractivity (Wildman–Crippen MR) is 84.6 cm³/mol. The Balaban J connectivity index is 2.33. The minimum atomic E-state index is -1.06. The van der Waals surface area contributed by atoms with E-state index >= 15 is 0 Å². The van der Waals surface area contributed by atoms with E-state index < -0.39 is 5.97 Å². The number of benzene rings is 2. The number of carbonyl (C=O) groups is 2. The number of carbonyl (C=O) groups excluding carboxylic acids is 1. The number of nitrogens with two attached hydrogens (primary N) is 1. The average Bonchev–Trinajstić information content (AvgIpc) is 2.43. The average molecular weight is 349 g/mol. The van der Waals surface area contributed by atoms with Crippen molar-refractivity contribution in [3.8, 4) is 0 Å². The molecule has 0 saturated carbocycles. The molecule has 0 bridgehead atoms. The van der Waals surface area contributed by atoms with Gasteiger partial charge in [-0.25, -0.2) is 4.79 Å². The smallest absolute Gasteiger partial charge is 0.335 e. The van der Waals surface area contributed by atoms with Crippen molar-refractivity contribution in [3.05, 3.63) is 57.6 Å². The number of anilines is 2. The molecular formula is C15H13BrN2O3. The van der Waals surface area contributed by atoms with Crippen molar-refractivity contribution in [1.29, 1.82) is 0 Å². The molecule has 4 N–H and O–H groups in total. The van der Waals surface area contributed by atoms with Gasteiger partial charge >= 0.3 is 5.97 Å². The second-order valence-corrected chi connectivity index (χ2v) is 5.40. The zero-order valence-electron chi connectivity index (χ0n) is 11.2. The Labute approximate surface area is 129 Å². The molecule has 0 unspecified atom stereocenters. The van der Waals surface area contributed by atoms with E-state index in [2.05, 4.69) is 21.2 Å². The molecular weight excluding hydrogens is 336 g/mol. The van der Waals surface area contributed by atoms with Crippen LogP contribution >= 0.6 is 15.9 Å². The quantitative estimate of drug-likeness (QED) is 0.742. The fourth-order valence-corrected chi connectivity index (χ4v) is 2.16. The zero-order valence-corrected chi connectivity index (χ0v) is 12.8. The van der Waals surface area contributed by atoms with Gasteiger partial charge in [-0.3, -0.25) is 4.79 Å². The number of hydrogen-bond acceptors (Lipinski definition) is 3. The van der Waals surface area contributed by atoms with Gasteiger partial charge in [-0.2, -0.15) is 0 Å². The minimum absolute atomic E-state index is 0.0886. The van der Waals surface area contributed by atoms with Crippen molar-refractivity contribution in [2.24, 2.45) is 0 Å². The van der Waals surface area contributed by atoms with Gasteiger partial charge in [0.1, 0.15) is 0 Å². The molecule has 0 aliphatic rings. The highest BCUT2D eigenvalue weighted by Crippen LogP contribution is 2.25. The van der Waals surface area contributed by atoms with Gasteiger partial charge in [0.05, 0.1) is 16.8 Å². The number of rotatable bonds is 3. The third-order valence-electron chi connectivity index (χ3n) is 2.91. The first-order chi connectivity index (χ1) is 9.88. The van der Waals surface area contributed by atoms with Crippen LogP contribution in [0.5, 0.6) is 0 Å². The van der Waals surface area contributed by atoms with E-state index in [1.165, 1.54) is 12.1 Å². The van der Waals surface area contributed by atoms with Gasteiger partial charge in [-0.15, -0.1) is 0 Å². The Kier molecular flexibility index (Phi) is 4.28. The minimum Gasteiger partial charge on any atom is -0.478 e. The molecule has 6 heteroatoms. The molecule has 0 saturated heterocycles. The Morgan fingerprint density at radius 1 is 1.19 bits per heavy atom. The molecule has 108 valence electrons. The van der Waals surface area contributed by atoms with Gasteiger partial charge in [0.25, 0.3) is 5.91 Å². The van der Waals surface area contributed by atoms with E-state index in [4.69, 9.17) is 10.8 Å². The van der Waals surface area contributed by atoms with Crippen molar-refractivity contribution >= 4 is 39.2 Å². The lowest BCUT2D eigenvalue weighted by atomic mass is 10.1. The van der Waals surface area contributed by atoms with Crippen LogP contribution in [0.25, 0.3) is 0 Å². The van der Waals surface area contributed by atoms with Gasteiger partial charge in [0, 0.05) is 10.2 Å².